The molecule has 0 radical (unpaired) electrons. The van der Waals surface area contributed by atoms with Gasteiger partial charge >= 0.3 is 0 Å². The predicted molar refractivity (Wildman–Crippen MR) is 106 cm³/mol. The third-order valence-corrected chi connectivity index (χ3v) is 5.25. The number of rotatable bonds is 5. The fourth-order valence-electron chi connectivity index (χ4n) is 3.34. The van der Waals surface area contributed by atoms with Crippen LogP contribution in [0, 0.1) is 5.82 Å². The maximum Gasteiger partial charge on any atom is 0.295 e. The van der Waals surface area contributed by atoms with E-state index >= 15 is 0 Å². The van der Waals surface area contributed by atoms with Crippen molar-refractivity contribution in [1.29, 1.82) is 0 Å². The Labute approximate surface area is 170 Å². The molecular weight excluding hydrogens is 429 g/mol. The van der Waals surface area contributed by atoms with E-state index in [1.807, 2.05) is 6.92 Å². The zero-order valence-electron chi connectivity index (χ0n) is 15.4. The number of carbonyl (C=O) groups is 2. The fraction of sp³-hybridized carbons (Fsp3) is 0.238. The van der Waals surface area contributed by atoms with E-state index in [1.165, 1.54) is 30.2 Å². The Kier molecular flexibility index (Phi) is 5.84. The molecule has 0 aliphatic carbocycles. The fourth-order valence-corrected chi connectivity index (χ4v) is 3.88. The molecule has 1 atom stereocenters. The summed E-state index contributed by atoms with van der Waals surface area (Å²) in [5, 5.41) is 10.9. The zero-order valence-corrected chi connectivity index (χ0v) is 17.0. The molecular formula is C21H19BrFNO4. The van der Waals surface area contributed by atoms with E-state index in [9.17, 15) is 19.1 Å². The molecule has 0 bridgehead atoms. The highest BCUT2D eigenvalue weighted by Crippen LogP contribution is 2.41. The number of hydrogen-bond donors (Lipinski definition) is 1. The Morgan fingerprint density at radius 1 is 1.25 bits per heavy atom. The number of aliphatic hydroxyl groups excluding tert-OH is 1. The maximum absolute atomic E-state index is 14.5. The number of ketones is 1. The SMILES string of the molecule is CCCN1C(=O)C(=O)/C(=C(/O)c2ccc(OC)c(Br)c2)C1c1ccccc1F. The van der Waals surface area contributed by atoms with Crippen LogP contribution < -0.4 is 4.74 Å². The second kappa shape index (κ2) is 8.14. The lowest BCUT2D eigenvalue weighted by atomic mass is 9.95. The molecule has 0 saturated carbocycles. The van der Waals surface area contributed by atoms with Crippen molar-refractivity contribution >= 4 is 33.4 Å². The van der Waals surface area contributed by atoms with Crippen molar-refractivity contribution in [1.82, 2.24) is 4.90 Å². The van der Waals surface area contributed by atoms with Crippen molar-refractivity contribution in [2.45, 2.75) is 19.4 Å². The summed E-state index contributed by atoms with van der Waals surface area (Å²) in [4.78, 5) is 26.6. The normalized spacial score (nSPS) is 18.6. The van der Waals surface area contributed by atoms with Gasteiger partial charge in [-0.05, 0) is 46.6 Å². The minimum atomic E-state index is -0.984. The molecule has 1 aliphatic heterocycles. The largest absolute Gasteiger partial charge is 0.507 e. The van der Waals surface area contributed by atoms with Crippen LogP contribution in [0.4, 0.5) is 4.39 Å². The van der Waals surface area contributed by atoms with Crippen LogP contribution in [-0.4, -0.2) is 35.4 Å². The minimum Gasteiger partial charge on any atom is -0.507 e. The van der Waals surface area contributed by atoms with Crippen LogP contribution in [0.25, 0.3) is 5.76 Å². The third-order valence-electron chi connectivity index (χ3n) is 4.63. The number of halogens is 2. The summed E-state index contributed by atoms with van der Waals surface area (Å²) in [6.07, 6.45) is 0.589. The van der Waals surface area contributed by atoms with E-state index in [0.29, 0.717) is 22.2 Å². The molecule has 1 unspecified atom stereocenters. The monoisotopic (exact) mass is 447 g/mol. The molecule has 5 nitrogen and oxygen atoms in total. The van der Waals surface area contributed by atoms with E-state index in [0.717, 1.165) is 0 Å². The molecule has 1 amide bonds. The van der Waals surface area contributed by atoms with Crippen molar-refractivity contribution in [3.63, 3.8) is 0 Å². The van der Waals surface area contributed by atoms with Gasteiger partial charge in [-0.25, -0.2) is 4.39 Å². The number of ether oxygens (including phenoxy) is 1. The highest BCUT2D eigenvalue weighted by atomic mass is 79.9. The van der Waals surface area contributed by atoms with Gasteiger partial charge in [0.2, 0.25) is 0 Å². The van der Waals surface area contributed by atoms with E-state index < -0.39 is 23.5 Å². The van der Waals surface area contributed by atoms with Crippen LogP contribution in [0.15, 0.2) is 52.5 Å². The molecule has 1 N–H and O–H groups in total. The van der Waals surface area contributed by atoms with Gasteiger partial charge in [0.15, 0.2) is 0 Å². The lowest BCUT2D eigenvalue weighted by molar-refractivity contribution is -0.139. The minimum absolute atomic E-state index is 0.124. The van der Waals surface area contributed by atoms with E-state index in [1.54, 1.807) is 24.3 Å². The number of benzene rings is 2. The van der Waals surface area contributed by atoms with E-state index in [4.69, 9.17) is 4.74 Å². The van der Waals surface area contributed by atoms with Gasteiger partial charge < -0.3 is 14.7 Å². The number of hydrogen-bond acceptors (Lipinski definition) is 4. The van der Waals surface area contributed by atoms with E-state index in [2.05, 4.69) is 15.9 Å². The Hall–Kier alpha value is -2.67. The quantitative estimate of drug-likeness (QED) is 0.418. The molecule has 28 heavy (non-hydrogen) atoms. The second-order valence-electron chi connectivity index (χ2n) is 6.36. The van der Waals surface area contributed by atoms with Gasteiger partial charge in [0, 0.05) is 17.7 Å². The molecule has 1 heterocycles. The van der Waals surface area contributed by atoms with Gasteiger partial charge in [-0.1, -0.05) is 25.1 Å². The van der Waals surface area contributed by atoms with Crippen LogP contribution in [0.5, 0.6) is 5.75 Å². The topological polar surface area (TPSA) is 66.8 Å². The summed E-state index contributed by atoms with van der Waals surface area (Å²) in [6.45, 7) is 2.13. The summed E-state index contributed by atoms with van der Waals surface area (Å²) in [5.74, 6) is -1.92. The maximum atomic E-state index is 14.5. The second-order valence-corrected chi connectivity index (χ2v) is 7.22. The zero-order chi connectivity index (χ0) is 20.4. The molecule has 1 fully saturated rings. The third kappa shape index (κ3) is 3.42. The molecule has 2 aromatic carbocycles. The number of aliphatic hydroxyl groups is 1. The Morgan fingerprint density at radius 3 is 2.57 bits per heavy atom. The Morgan fingerprint density at radius 2 is 1.96 bits per heavy atom. The van der Waals surface area contributed by atoms with Crippen molar-refractivity contribution in [3.8, 4) is 5.75 Å². The van der Waals surface area contributed by atoms with Crippen molar-refractivity contribution < 1.29 is 23.8 Å². The van der Waals surface area contributed by atoms with Gasteiger partial charge in [0.1, 0.15) is 17.3 Å². The first-order valence-electron chi connectivity index (χ1n) is 8.77. The summed E-state index contributed by atoms with van der Waals surface area (Å²) >= 11 is 3.34. The molecule has 7 heteroatoms. The van der Waals surface area contributed by atoms with Crippen LogP contribution in [0.3, 0.4) is 0 Å². The predicted octanol–water partition coefficient (Wildman–Crippen LogP) is 4.43. The van der Waals surface area contributed by atoms with Crippen LogP contribution >= 0.6 is 15.9 Å². The number of Topliss-reactive ketones (excluding diaryl/α,β-unsaturated/α-hetero) is 1. The lowest BCUT2D eigenvalue weighted by Gasteiger charge is -2.25. The molecule has 0 spiro atoms. The Balaban J connectivity index is 2.21. The van der Waals surface area contributed by atoms with Crippen molar-refractivity contribution in [2.24, 2.45) is 0 Å². The van der Waals surface area contributed by atoms with Crippen LogP contribution in [0.2, 0.25) is 0 Å². The first-order valence-corrected chi connectivity index (χ1v) is 9.56. The standard InChI is InChI=1S/C21H19BrFNO4/c1-3-10-24-18(13-6-4-5-7-15(13)23)17(20(26)21(24)27)19(25)12-8-9-16(28-2)14(22)11-12/h4-9,11,18,25H,3,10H2,1-2H3/b19-17+. The molecule has 2 aromatic rings. The highest BCUT2D eigenvalue weighted by Gasteiger charge is 2.46. The molecule has 1 saturated heterocycles. The molecule has 0 aromatic heterocycles. The molecule has 1 aliphatic rings. The summed E-state index contributed by atoms with van der Waals surface area (Å²) in [5.41, 5.74) is 0.369. The first kappa shape index (κ1) is 20.1. The summed E-state index contributed by atoms with van der Waals surface area (Å²) in [7, 11) is 1.51. The van der Waals surface area contributed by atoms with Crippen LogP contribution in [0.1, 0.15) is 30.5 Å². The van der Waals surface area contributed by atoms with Gasteiger partial charge in [-0.15, -0.1) is 0 Å². The number of carbonyl (C=O) groups excluding carboxylic acids is 2. The van der Waals surface area contributed by atoms with E-state index in [-0.39, 0.29) is 23.4 Å². The smallest absolute Gasteiger partial charge is 0.295 e. The summed E-state index contributed by atoms with van der Waals surface area (Å²) in [6, 6.07) is 9.75. The number of amides is 1. The average molecular weight is 448 g/mol. The first-order chi connectivity index (χ1) is 13.4. The van der Waals surface area contributed by atoms with Crippen LogP contribution in [-0.2, 0) is 9.59 Å². The molecule has 3 rings (SSSR count). The molecule has 146 valence electrons. The van der Waals surface area contributed by atoms with Crippen molar-refractivity contribution in [3.05, 3.63) is 69.5 Å². The number of nitrogens with zero attached hydrogens (tertiary/aromatic N) is 1. The number of likely N-dealkylation sites (tertiary alicyclic amines) is 1. The lowest BCUT2D eigenvalue weighted by Crippen LogP contribution is -2.30. The number of methoxy groups -OCH3 is 1. The van der Waals surface area contributed by atoms with Gasteiger partial charge in [0.05, 0.1) is 23.2 Å². The highest BCUT2D eigenvalue weighted by molar-refractivity contribution is 9.10. The average Bonchev–Trinajstić information content (AvgIpc) is 2.93. The van der Waals surface area contributed by atoms with Gasteiger partial charge in [0.25, 0.3) is 11.7 Å². The summed E-state index contributed by atoms with van der Waals surface area (Å²) < 4.78 is 20.3. The van der Waals surface area contributed by atoms with Gasteiger partial charge in [-0.2, -0.15) is 0 Å². The Bertz CT molecular complexity index is 973. The van der Waals surface area contributed by atoms with Crippen molar-refractivity contribution in [2.75, 3.05) is 13.7 Å². The van der Waals surface area contributed by atoms with Gasteiger partial charge in [-0.3, -0.25) is 9.59 Å².